The zero-order valence-electron chi connectivity index (χ0n) is 24.3. The Morgan fingerprint density at radius 3 is 2.33 bits per heavy atom. The van der Waals surface area contributed by atoms with E-state index in [-0.39, 0.29) is 18.1 Å². The highest BCUT2D eigenvalue weighted by Crippen LogP contribution is 2.19. The monoisotopic (exact) mass is 662 g/mol. The van der Waals surface area contributed by atoms with Crippen molar-refractivity contribution in [2.24, 2.45) is 11.5 Å². The molecule has 2 aromatic carbocycles. The number of nitrogens with one attached hydrogen (secondary N) is 1. The summed E-state index contributed by atoms with van der Waals surface area (Å²) < 4.78 is 11.9. The number of hydrogen-bond donors (Lipinski definition) is 3. The van der Waals surface area contributed by atoms with E-state index in [1.165, 1.54) is 47.9 Å². The number of halogens is 1. The normalized spacial score (nSPS) is 20.7. The van der Waals surface area contributed by atoms with E-state index in [0.717, 1.165) is 48.6 Å². The summed E-state index contributed by atoms with van der Waals surface area (Å²) in [6.45, 7) is 9.81. The molecule has 1 saturated carbocycles. The minimum Gasteiger partial charge on any atom is -0.494 e. The SMILES string of the molecule is CCOC(=O)c1cc2cc(C)ccc2[nH]1.C[C@@H]1CCCN1CCCOc1ccc(I)cc1.N[C@@H]1CCCC[C@H]1N. The molecule has 0 unspecified atom stereocenters. The summed E-state index contributed by atoms with van der Waals surface area (Å²) in [6.07, 6.45) is 8.64. The quantitative estimate of drug-likeness (QED) is 0.153. The zero-order valence-corrected chi connectivity index (χ0v) is 26.5. The number of fused-ring (bicyclic) bond motifs is 1. The molecule has 1 aliphatic carbocycles. The molecule has 40 heavy (non-hydrogen) atoms. The molecule has 8 heteroatoms. The average Bonchev–Trinajstić information content (AvgIpc) is 3.56. The molecule has 7 nitrogen and oxygen atoms in total. The molecule has 0 bridgehead atoms. The molecule has 5 N–H and O–H groups in total. The Morgan fingerprint density at radius 2 is 1.73 bits per heavy atom. The maximum Gasteiger partial charge on any atom is 0.354 e. The number of carbonyl (C=O) groups is 1. The Morgan fingerprint density at radius 1 is 1.02 bits per heavy atom. The maximum absolute atomic E-state index is 11.4. The first kappa shape index (κ1) is 32.4. The highest BCUT2D eigenvalue weighted by atomic mass is 127. The summed E-state index contributed by atoms with van der Waals surface area (Å²) in [5.41, 5.74) is 14.0. The molecule has 1 aliphatic heterocycles. The smallest absolute Gasteiger partial charge is 0.354 e. The molecule has 0 radical (unpaired) electrons. The molecule has 2 aliphatic rings. The Labute approximate surface area is 253 Å². The van der Waals surface area contributed by atoms with Crippen LogP contribution in [0.25, 0.3) is 10.9 Å². The number of likely N-dealkylation sites (tertiary alicyclic amines) is 1. The van der Waals surface area contributed by atoms with Crippen LogP contribution in [0, 0.1) is 10.5 Å². The lowest BCUT2D eigenvalue weighted by atomic mass is 9.92. The van der Waals surface area contributed by atoms with Gasteiger partial charge in [-0.15, -0.1) is 0 Å². The van der Waals surface area contributed by atoms with Gasteiger partial charge in [-0.05, 0) is 124 Å². The number of nitrogens with zero attached hydrogens (tertiary/aromatic N) is 1. The minimum absolute atomic E-state index is 0.281. The second kappa shape index (κ2) is 17.0. The molecule has 3 atom stereocenters. The van der Waals surface area contributed by atoms with Gasteiger partial charge in [0.05, 0.1) is 13.2 Å². The van der Waals surface area contributed by atoms with Crippen LogP contribution in [0.2, 0.25) is 0 Å². The summed E-state index contributed by atoms with van der Waals surface area (Å²) >= 11 is 2.31. The second-order valence-electron chi connectivity index (χ2n) is 10.8. The van der Waals surface area contributed by atoms with Gasteiger partial charge >= 0.3 is 5.97 Å². The summed E-state index contributed by atoms with van der Waals surface area (Å²) in [5.74, 6) is 0.686. The van der Waals surface area contributed by atoms with E-state index < -0.39 is 0 Å². The first-order valence-electron chi connectivity index (χ1n) is 14.7. The average molecular weight is 663 g/mol. The lowest BCUT2D eigenvalue weighted by Gasteiger charge is -2.24. The first-order valence-corrected chi connectivity index (χ1v) is 15.7. The number of aromatic nitrogens is 1. The lowest BCUT2D eigenvalue weighted by Crippen LogP contribution is -2.43. The number of esters is 1. The number of nitrogens with two attached hydrogens (primary N) is 2. The van der Waals surface area contributed by atoms with Crippen molar-refractivity contribution < 1.29 is 14.3 Å². The van der Waals surface area contributed by atoms with E-state index in [0.29, 0.717) is 12.3 Å². The van der Waals surface area contributed by atoms with Gasteiger partial charge in [0.2, 0.25) is 0 Å². The highest BCUT2D eigenvalue weighted by Gasteiger charge is 2.19. The van der Waals surface area contributed by atoms with Gasteiger partial charge < -0.3 is 30.8 Å². The summed E-state index contributed by atoms with van der Waals surface area (Å²) in [6, 6.07) is 17.4. The van der Waals surface area contributed by atoms with E-state index in [2.05, 4.69) is 51.5 Å². The molecule has 0 amide bonds. The van der Waals surface area contributed by atoms with Crippen LogP contribution >= 0.6 is 22.6 Å². The van der Waals surface area contributed by atoms with Crippen LogP contribution in [0.5, 0.6) is 5.75 Å². The predicted molar refractivity (Wildman–Crippen MR) is 173 cm³/mol. The number of ether oxygens (including phenoxy) is 2. The standard InChI is InChI=1S/C14H20INO.C12H13NO2.C6H14N2/c1-12-4-2-9-16(12)10-3-11-17-14-7-5-13(15)6-8-14;1-3-15-12(14)11-7-9-6-8(2)4-5-10(9)13-11;7-5-3-1-2-4-6(5)8/h5-8,12H,2-4,9-11H2,1H3;4-7,13H,3H2,1-2H3;5-6H,1-4,7-8H2/t12-;;5-,6-/m1.1/s1. The minimum atomic E-state index is -0.300. The maximum atomic E-state index is 11.4. The van der Waals surface area contributed by atoms with Crippen LogP contribution in [-0.2, 0) is 4.74 Å². The number of benzene rings is 2. The van der Waals surface area contributed by atoms with E-state index in [1.54, 1.807) is 6.92 Å². The van der Waals surface area contributed by atoms with Crippen LogP contribution in [0.15, 0.2) is 48.5 Å². The molecule has 220 valence electrons. The molecule has 3 aromatic rings. The molecule has 2 heterocycles. The van der Waals surface area contributed by atoms with Gasteiger partial charge in [0.25, 0.3) is 0 Å². The fourth-order valence-electron chi connectivity index (χ4n) is 5.07. The van der Waals surface area contributed by atoms with Crippen molar-refractivity contribution in [2.75, 3.05) is 26.3 Å². The number of aromatic amines is 1. The van der Waals surface area contributed by atoms with Gasteiger partial charge in [-0.2, -0.15) is 0 Å². The van der Waals surface area contributed by atoms with Crippen LogP contribution in [-0.4, -0.2) is 60.3 Å². The molecule has 1 saturated heterocycles. The van der Waals surface area contributed by atoms with Crippen molar-refractivity contribution in [3.63, 3.8) is 0 Å². The number of rotatable bonds is 7. The third-order valence-corrected chi connectivity index (χ3v) is 8.23. The van der Waals surface area contributed by atoms with E-state index in [4.69, 9.17) is 20.9 Å². The second-order valence-corrected chi connectivity index (χ2v) is 12.0. The highest BCUT2D eigenvalue weighted by molar-refractivity contribution is 14.1. The summed E-state index contributed by atoms with van der Waals surface area (Å²) in [7, 11) is 0. The molecular weight excluding hydrogens is 615 g/mol. The number of H-pyrrole nitrogens is 1. The Kier molecular flexibility index (Phi) is 13.7. The molecule has 1 aromatic heterocycles. The fourth-order valence-corrected chi connectivity index (χ4v) is 5.43. The van der Waals surface area contributed by atoms with Gasteiger partial charge in [-0.25, -0.2) is 4.79 Å². The number of hydrogen-bond acceptors (Lipinski definition) is 6. The molecule has 2 fully saturated rings. The van der Waals surface area contributed by atoms with Crippen molar-refractivity contribution in [2.45, 2.75) is 83.8 Å². The van der Waals surface area contributed by atoms with E-state index in [9.17, 15) is 4.79 Å². The zero-order chi connectivity index (χ0) is 28.9. The van der Waals surface area contributed by atoms with Crippen LogP contribution < -0.4 is 16.2 Å². The van der Waals surface area contributed by atoms with E-state index >= 15 is 0 Å². The van der Waals surface area contributed by atoms with Gasteiger partial charge in [0, 0.05) is 39.1 Å². The van der Waals surface area contributed by atoms with Gasteiger partial charge in [-0.3, -0.25) is 0 Å². The Bertz CT molecular complexity index is 1160. The van der Waals surface area contributed by atoms with Gasteiger partial charge in [-0.1, -0.05) is 24.5 Å². The Balaban J connectivity index is 0.000000176. The lowest BCUT2D eigenvalue weighted by molar-refractivity contribution is 0.0520. The van der Waals surface area contributed by atoms with Crippen LogP contribution in [0.1, 0.15) is 74.8 Å². The van der Waals surface area contributed by atoms with Crippen molar-refractivity contribution in [3.05, 3.63) is 63.4 Å². The van der Waals surface area contributed by atoms with Crippen LogP contribution in [0.3, 0.4) is 0 Å². The largest absolute Gasteiger partial charge is 0.494 e. The van der Waals surface area contributed by atoms with Crippen LogP contribution in [0.4, 0.5) is 0 Å². The molecular formula is C32H47IN4O3. The van der Waals surface area contributed by atoms with Crippen molar-refractivity contribution in [3.8, 4) is 5.75 Å². The van der Waals surface area contributed by atoms with Crippen molar-refractivity contribution in [1.82, 2.24) is 9.88 Å². The summed E-state index contributed by atoms with van der Waals surface area (Å²) in [5, 5.41) is 1.04. The number of aryl methyl sites for hydroxylation is 1. The van der Waals surface area contributed by atoms with Gasteiger partial charge in [0.15, 0.2) is 0 Å². The summed E-state index contributed by atoms with van der Waals surface area (Å²) in [4.78, 5) is 17.0. The number of carbonyl (C=O) groups excluding carboxylic acids is 1. The third-order valence-electron chi connectivity index (χ3n) is 7.51. The predicted octanol–water partition coefficient (Wildman–Crippen LogP) is 6.41. The Hall–Kier alpha value is -2.14. The van der Waals surface area contributed by atoms with E-state index in [1.807, 2.05) is 43.3 Å². The van der Waals surface area contributed by atoms with Gasteiger partial charge in [0.1, 0.15) is 11.4 Å². The van der Waals surface area contributed by atoms with Crippen molar-refractivity contribution in [1.29, 1.82) is 0 Å². The first-order chi connectivity index (χ1) is 19.3. The fraction of sp³-hybridized carbons (Fsp3) is 0.531. The molecule has 5 rings (SSSR count). The topological polar surface area (TPSA) is 107 Å². The third kappa shape index (κ3) is 10.7. The van der Waals surface area contributed by atoms with Crippen molar-refractivity contribution >= 4 is 39.5 Å². The molecule has 0 spiro atoms.